The van der Waals surface area contributed by atoms with Gasteiger partial charge in [-0.3, -0.25) is 4.79 Å². The molecule has 1 aromatic rings. The molecule has 1 atom stereocenters. The van der Waals surface area contributed by atoms with Gasteiger partial charge in [0.1, 0.15) is 0 Å². The Morgan fingerprint density at radius 3 is 2.58 bits per heavy atom. The van der Waals surface area contributed by atoms with E-state index in [4.69, 9.17) is 5.11 Å². The lowest BCUT2D eigenvalue weighted by Gasteiger charge is -2.13. The molecule has 0 aliphatic rings. The van der Waals surface area contributed by atoms with E-state index < -0.39 is 16.0 Å². The normalized spacial score (nSPS) is 13.2. The van der Waals surface area contributed by atoms with Crippen LogP contribution in [0.3, 0.4) is 0 Å². The van der Waals surface area contributed by atoms with Gasteiger partial charge in [-0.15, -0.1) is 0 Å². The van der Waals surface area contributed by atoms with Gasteiger partial charge in [-0.1, -0.05) is 25.1 Å². The average molecular weight is 285 g/mol. The third-order valence-electron chi connectivity index (χ3n) is 2.86. The van der Waals surface area contributed by atoms with Crippen molar-refractivity contribution in [1.82, 2.24) is 4.72 Å². The van der Waals surface area contributed by atoms with Crippen LogP contribution in [0, 0.1) is 12.8 Å². The fraction of sp³-hybridized carbons (Fsp3) is 0.462. The summed E-state index contributed by atoms with van der Waals surface area (Å²) in [5, 5.41) is 8.57. The van der Waals surface area contributed by atoms with Crippen molar-refractivity contribution < 1.29 is 18.3 Å². The van der Waals surface area contributed by atoms with Crippen LogP contribution in [0.4, 0.5) is 0 Å². The van der Waals surface area contributed by atoms with E-state index in [1.165, 1.54) is 0 Å². The first kappa shape index (κ1) is 15.7. The van der Waals surface area contributed by atoms with E-state index in [1.54, 1.807) is 31.2 Å². The first-order chi connectivity index (χ1) is 8.83. The summed E-state index contributed by atoms with van der Waals surface area (Å²) in [6.07, 6.45) is 0.499. The SMILES string of the molecule is Cc1ccccc1S(=O)(=O)NCC(C)CCC(=O)O. The number of carbonyl (C=O) groups is 1. The lowest BCUT2D eigenvalue weighted by molar-refractivity contribution is -0.137. The number of benzene rings is 1. The summed E-state index contributed by atoms with van der Waals surface area (Å²) in [5.41, 5.74) is 0.688. The summed E-state index contributed by atoms with van der Waals surface area (Å²) in [6, 6.07) is 6.75. The Morgan fingerprint density at radius 2 is 2.00 bits per heavy atom. The van der Waals surface area contributed by atoms with Gasteiger partial charge in [0.25, 0.3) is 0 Å². The van der Waals surface area contributed by atoms with E-state index >= 15 is 0 Å². The molecule has 0 radical (unpaired) electrons. The molecular weight excluding hydrogens is 266 g/mol. The molecule has 1 rings (SSSR count). The number of sulfonamides is 1. The summed E-state index contributed by atoms with van der Waals surface area (Å²) in [5.74, 6) is -0.886. The highest BCUT2D eigenvalue weighted by Crippen LogP contribution is 2.14. The summed E-state index contributed by atoms with van der Waals surface area (Å²) in [6.45, 7) is 3.80. The Bertz CT molecular complexity index is 539. The molecule has 106 valence electrons. The topological polar surface area (TPSA) is 83.5 Å². The van der Waals surface area contributed by atoms with Crippen LogP contribution in [0.1, 0.15) is 25.3 Å². The minimum Gasteiger partial charge on any atom is -0.481 e. The summed E-state index contributed by atoms with van der Waals surface area (Å²) in [4.78, 5) is 10.7. The molecule has 5 nitrogen and oxygen atoms in total. The zero-order chi connectivity index (χ0) is 14.5. The molecule has 0 bridgehead atoms. The Hall–Kier alpha value is -1.40. The lowest BCUT2D eigenvalue weighted by atomic mass is 10.1. The predicted molar refractivity (Wildman–Crippen MR) is 72.4 cm³/mol. The highest BCUT2D eigenvalue weighted by atomic mass is 32.2. The van der Waals surface area contributed by atoms with Crippen molar-refractivity contribution in [3.05, 3.63) is 29.8 Å². The van der Waals surface area contributed by atoms with Gasteiger partial charge in [0, 0.05) is 13.0 Å². The van der Waals surface area contributed by atoms with Gasteiger partial charge in [-0.2, -0.15) is 0 Å². The molecule has 0 heterocycles. The first-order valence-corrected chi connectivity index (χ1v) is 7.58. The van der Waals surface area contributed by atoms with Crippen molar-refractivity contribution in [1.29, 1.82) is 0 Å². The first-order valence-electron chi connectivity index (χ1n) is 6.10. The number of hydrogen-bond donors (Lipinski definition) is 2. The van der Waals surface area contributed by atoms with Crippen LogP contribution in [-0.2, 0) is 14.8 Å². The van der Waals surface area contributed by atoms with Crippen LogP contribution >= 0.6 is 0 Å². The van der Waals surface area contributed by atoms with Gasteiger partial charge in [0.15, 0.2) is 0 Å². The maximum Gasteiger partial charge on any atom is 0.303 e. The second-order valence-corrected chi connectivity index (χ2v) is 6.39. The van der Waals surface area contributed by atoms with Gasteiger partial charge in [0.05, 0.1) is 4.90 Å². The van der Waals surface area contributed by atoms with Gasteiger partial charge in [-0.25, -0.2) is 13.1 Å². The fourth-order valence-electron chi connectivity index (χ4n) is 1.66. The molecule has 0 saturated carbocycles. The molecule has 0 aliphatic carbocycles. The van der Waals surface area contributed by atoms with Crippen LogP contribution in [0.5, 0.6) is 0 Å². The molecule has 2 N–H and O–H groups in total. The number of carboxylic acids is 1. The van der Waals surface area contributed by atoms with Gasteiger partial charge >= 0.3 is 5.97 Å². The Labute approximate surface area is 113 Å². The van der Waals surface area contributed by atoms with Crippen LogP contribution in [0.25, 0.3) is 0 Å². The van der Waals surface area contributed by atoms with Crippen LogP contribution in [0.15, 0.2) is 29.2 Å². The van der Waals surface area contributed by atoms with Crippen molar-refractivity contribution in [2.75, 3.05) is 6.54 Å². The zero-order valence-electron chi connectivity index (χ0n) is 11.1. The van der Waals surface area contributed by atoms with Crippen molar-refractivity contribution in [3.63, 3.8) is 0 Å². The highest BCUT2D eigenvalue weighted by Gasteiger charge is 2.17. The van der Waals surface area contributed by atoms with E-state index in [0.29, 0.717) is 12.0 Å². The number of hydrogen-bond acceptors (Lipinski definition) is 3. The van der Waals surface area contributed by atoms with Crippen molar-refractivity contribution in [3.8, 4) is 0 Å². The third-order valence-corrected chi connectivity index (χ3v) is 4.44. The Balaban J connectivity index is 2.61. The second-order valence-electron chi connectivity index (χ2n) is 4.65. The molecular formula is C13H19NO4S. The van der Waals surface area contributed by atoms with Gasteiger partial charge in [0.2, 0.25) is 10.0 Å². The maximum atomic E-state index is 12.1. The number of aryl methyl sites for hydroxylation is 1. The standard InChI is InChI=1S/C13H19NO4S/c1-10(7-8-13(15)16)9-14-19(17,18)12-6-4-3-5-11(12)2/h3-6,10,14H,7-9H2,1-2H3,(H,15,16). The number of nitrogens with one attached hydrogen (secondary N) is 1. The molecule has 19 heavy (non-hydrogen) atoms. The van der Waals surface area contributed by atoms with Crippen molar-refractivity contribution in [2.24, 2.45) is 5.92 Å². The Morgan fingerprint density at radius 1 is 1.37 bits per heavy atom. The lowest BCUT2D eigenvalue weighted by Crippen LogP contribution is -2.29. The smallest absolute Gasteiger partial charge is 0.303 e. The average Bonchev–Trinajstić information content (AvgIpc) is 2.34. The van der Waals surface area contributed by atoms with Crippen LogP contribution < -0.4 is 4.72 Å². The molecule has 6 heteroatoms. The molecule has 1 unspecified atom stereocenters. The fourth-order valence-corrected chi connectivity index (χ4v) is 3.07. The monoisotopic (exact) mass is 285 g/mol. The predicted octanol–water partition coefficient (Wildman–Crippen LogP) is 1.77. The summed E-state index contributed by atoms with van der Waals surface area (Å²) in [7, 11) is -3.52. The zero-order valence-corrected chi connectivity index (χ0v) is 11.9. The van der Waals surface area contributed by atoms with E-state index in [2.05, 4.69) is 4.72 Å². The molecule has 0 saturated heterocycles. The largest absolute Gasteiger partial charge is 0.481 e. The van der Waals surface area contributed by atoms with Crippen LogP contribution in [-0.4, -0.2) is 26.0 Å². The quantitative estimate of drug-likeness (QED) is 0.799. The molecule has 0 aliphatic heterocycles. The molecule has 1 aromatic carbocycles. The highest BCUT2D eigenvalue weighted by molar-refractivity contribution is 7.89. The van der Waals surface area contributed by atoms with E-state index in [1.807, 2.05) is 6.92 Å². The van der Waals surface area contributed by atoms with E-state index in [0.717, 1.165) is 0 Å². The number of rotatable bonds is 7. The molecule has 0 aromatic heterocycles. The second kappa shape index (κ2) is 6.68. The minimum absolute atomic E-state index is 0.0186. The molecule has 0 amide bonds. The van der Waals surface area contributed by atoms with E-state index in [9.17, 15) is 13.2 Å². The van der Waals surface area contributed by atoms with E-state index in [-0.39, 0.29) is 23.8 Å². The number of carboxylic acid groups (broad SMARTS) is 1. The molecule has 0 spiro atoms. The van der Waals surface area contributed by atoms with Crippen molar-refractivity contribution in [2.45, 2.75) is 31.6 Å². The minimum atomic E-state index is -3.52. The Kier molecular flexibility index (Phi) is 5.50. The van der Waals surface area contributed by atoms with Gasteiger partial charge in [-0.05, 0) is 30.9 Å². The maximum absolute atomic E-state index is 12.1. The summed E-state index contributed by atoms with van der Waals surface area (Å²) < 4.78 is 26.7. The third kappa shape index (κ3) is 5.00. The summed E-state index contributed by atoms with van der Waals surface area (Å²) >= 11 is 0. The van der Waals surface area contributed by atoms with Crippen LogP contribution in [0.2, 0.25) is 0 Å². The molecule has 0 fully saturated rings. The number of aliphatic carboxylic acids is 1. The van der Waals surface area contributed by atoms with Gasteiger partial charge < -0.3 is 5.11 Å². The van der Waals surface area contributed by atoms with Crippen molar-refractivity contribution >= 4 is 16.0 Å².